The SMILES string of the molecule is COc1ccc(S(=O)(=O)N2CCC[C@@H](C(=O)Nc3nnc(SCC(C)C)s3)C2)cc1. The van der Waals surface area contributed by atoms with Crippen molar-refractivity contribution in [1.82, 2.24) is 14.5 Å². The van der Waals surface area contributed by atoms with E-state index in [-0.39, 0.29) is 17.3 Å². The predicted molar refractivity (Wildman–Crippen MR) is 119 cm³/mol. The third kappa shape index (κ3) is 5.71. The summed E-state index contributed by atoms with van der Waals surface area (Å²) in [6.07, 6.45) is 1.26. The van der Waals surface area contributed by atoms with Crippen LogP contribution in [0.4, 0.5) is 5.13 Å². The lowest BCUT2D eigenvalue weighted by molar-refractivity contribution is -0.120. The molecule has 2 aromatic rings. The molecule has 0 spiro atoms. The highest BCUT2D eigenvalue weighted by Crippen LogP contribution is 2.29. The summed E-state index contributed by atoms with van der Waals surface area (Å²) in [5.41, 5.74) is 0. The highest BCUT2D eigenvalue weighted by molar-refractivity contribution is 8.01. The van der Waals surface area contributed by atoms with Crippen molar-refractivity contribution in [3.8, 4) is 5.75 Å². The van der Waals surface area contributed by atoms with Gasteiger partial charge in [0.25, 0.3) is 0 Å². The molecule has 0 bridgehead atoms. The molecule has 1 saturated heterocycles. The molecule has 1 N–H and O–H groups in total. The van der Waals surface area contributed by atoms with Crippen molar-refractivity contribution in [2.45, 2.75) is 35.9 Å². The van der Waals surface area contributed by atoms with Gasteiger partial charge in [0.2, 0.25) is 21.1 Å². The summed E-state index contributed by atoms with van der Waals surface area (Å²) in [6, 6.07) is 6.28. The fourth-order valence-electron chi connectivity index (χ4n) is 3.04. The molecule has 2 heterocycles. The number of carbonyl (C=O) groups excluding carboxylic acids is 1. The number of hydrogen-bond donors (Lipinski definition) is 1. The highest BCUT2D eigenvalue weighted by atomic mass is 32.2. The van der Waals surface area contributed by atoms with E-state index in [9.17, 15) is 13.2 Å². The Morgan fingerprint density at radius 2 is 2.07 bits per heavy atom. The molecule has 1 aromatic heterocycles. The van der Waals surface area contributed by atoms with Gasteiger partial charge in [-0.05, 0) is 43.0 Å². The average molecular weight is 471 g/mol. The van der Waals surface area contributed by atoms with Gasteiger partial charge in [0.15, 0.2) is 4.34 Å². The van der Waals surface area contributed by atoms with Crippen LogP contribution in [0.25, 0.3) is 0 Å². The number of nitrogens with one attached hydrogen (secondary N) is 1. The number of nitrogens with zero attached hydrogens (tertiary/aromatic N) is 3. The number of rotatable bonds is 8. The smallest absolute Gasteiger partial charge is 0.243 e. The standard InChI is InChI=1S/C19H26N4O4S3/c1-13(2)12-28-19-22-21-18(29-19)20-17(24)14-5-4-10-23(11-14)30(25,26)16-8-6-15(27-3)7-9-16/h6-9,13-14H,4-5,10-12H2,1-3H3,(H,20,21,24)/t14-/m1/s1. The first-order chi connectivity index (χ1) is 14.3. The van der Waals surface area contributed by atoms with Gasteiger partial charge in [-0.3, -0.25) is 4.79 Å². The molecule has 1 atom stereocenters. The van der Waals surface area contributed by atoms with E-state index in [4.69, 9.17) is 4.74 Å². The molecule has 11 heteroatoms. The van der Waals surface area contributed by atoms with Crippen LogP contribution in [0.15, 0.2) is 33.5 Å². The molecule has 0 radical (unpaired) electrons. The summed E-state index contributed by atoms with van der Waals surface area (Å²) in [5.74, 6) is 1.41. The minimum atomic E-state index is -3.67. The van der Waals surface area contributed by atoms with Gasteiger partial charge < -0.3 is 10.1 Å². The lowest BCUT2D eigenvalue weighted by Gasteiger charge is -2.31. The number of benzene rings is 1. The number of ether oxygens (including phenoxy) is 1. The molecule has 30 heavy (non-hydrogen) atoms. The first kappa shape index (κ1) is 23.0. The normalized spacial score (nSPS) is 17.8. The minimum absolute atomic E-state index is 0.147. The summed E-state index contributed by atoms with van der Waals surface area (Å²) in [5, 5.41) is 11.4. The van der Waals surface area contributed by atoms with Crippen molar-refractivity contribution < 1.29 is 17.9 Å². The minimum Gasteiger partial charge on any atom is -0.497 e. The van der Waals surface area contributed by atoms with Crippen LogP contribution in [0.3, 0.4) is 0 Å². The fourth-order valence-corrected chi connectivity index (χ4v) is 6.29. The van der Waals surface area contributed by atoms with Crippen LogP contribution in [0, 0.1) is 11.8 Å². The maximum atomic E-state index is 13.0. The van der Waals surface area contributed by atoms with E-state index in [0.717, 1.165) is 10.1 Å². The number of amides is 1. The quantitative estimate of drug-likeness (QED) is 0.466. The largest absolute Gasteiger partial charge is 0.497 e. The lowest BCUT2D eigenvalue weighted by atomic mass is 9.99. The van der Waals surface area contributed by atoms with Crippen molar-refractivity contribution in [2.24, 2.45) is 11.8 Å². The molecule has 164 valence electrons. The number of thioether (sulfide) groups is 1. The maximum Gasteiger partial charge on any atom is 0.243 e. The first-order valence-corrected chi connectivity index (χ1v) is 12.9. The van der Waals surface area contributed by atoms with Crippen LogP contribution in [0.1, 0.15) is 26.7 Å². The number of sulfonamides is 1. The molecule has 0 unspecified atom stereocenters. The topological polar surface area (TPSA) is 101 Å². The third-order valence-electron chi connectivity index (χ3n) is 4.63. The molecule has 1 amide bonds. The van der Waals surface area contributed by atoms with E-state index < -0.39 is 15.9 Å². The number of anilines is 1. The monoisotopic (exact) mass is 470 g/mol. The van der Waals surface area contributed by atoms with Crippen molar-refractivity contribution in [3.05, 3.63) is 24.3 Å². The second-order valence-corrected chi connectivity index (χ2v) is 11.6. The van der Waals surface area contributed by atoms with Gasteiger partial charge in [-0.1, -0.05) is 36.9 Å². The Labute approximate surface area is 185 Å². The number of aromatic nitrogens is 2. The van der Waals surface area contributed by atoms with E-state index in [0.29, 0.717) is 36.2 Å². The number of carbonyl (C=O) groups is 1. The Bertz CT molecular complexity index is 960. The zero-order valence-corrected chi connectivity index (χ0v) is 19.6. The molecule has 1 aromatic carbocycles. The molecule has 1 aliphatic heterocycles. The molecule has 0 saturated carbocycles. The van der Waals surface area contributed by atoms with Crippen molar-refractivity contribution in [2.75, 3.05) is 31.3 Å². The molecular formula is C19H26N4O4S3. The van der Waals surface area contributed by atoms with Crippen LogP contribution < -0.4 is 10.1 Å². The van der Waals surface area contributed by atoms with Gasteiger partial charge in [-0.25, -0.2) is 8.42 Å². The number of hydrogen-bond acceptors (Lipinski definition) is 8. The summed E-state index contributed by atoms with van der Waals surface area (Å²) in [7, 11) is -2.14. The lowest BCUT2D eigenvalue weighted by Crippen LogP contribution is -2.43. The summed E-state index contributed by atoms with van der Waals surface area (Å²) in [6.45, 7) is 4.80. The van der Waals surface area contributed by atoms with Gasteiger partial charge in [-0.15, -0.1) is 10.2 Å². The fraction of sp³-hybridized carbons (Fsp3) is 0.526. The Kier molecular flexibility index (Phi) is 7.72. The molecule has 3 rings (SSSR count). The van der Waals surface area contributed by atoms with Gasteiger partial charge in [-0.2, -0.15) is 4.31 Å². The number of methoxy groups -OCH3 is 1. The third-order valence-corrected chi connectivity index (χ3v) is 8.91. The molecule has 8 nitrogen and oxygen atoms in total. The zero-order valence-electron chi connectivity index (χ0n) is 17.2. The van der Waals surface area contributed by atoms with E-state index in [2.05, 4.69) is 29.4 Å². The molecular weight excluding hydrogens is 444 g/mol. The highest BCUT2D eigenvalue weighted by Gasteiger charge is 2.33. The van der Waals surface area contributed by atoms with Crippen LogP contribution in [-0.4, -0.2) is 54.8 Å². The second kappa shape index (κ2) is 10.1. The molecule has 1 aliphatic rings. The molecule has 1 fully saturated rings. The first-order valence-electron chi connectivity index (χ1n) is 9.71. The Hall–Kier alpha value is -1.69. The van der Waals surface area contributed by atoms with Crippen molar-refractivity contribution in [1.29, 1.82) is 0 Å². The van der Waals surface area contributed by atoms with Gasteiger partial charge in [0.05, 0.1) is 17.9 Å². The predicted octanol–water partition coefficient (Wildman–Crippen LogP) is 3.33. The van der Waals surface area contributed by atoms with Crippen LogP contribution in [0.2, 0.25) is 0 Å². The Balaban J connectivity index is 1.63. The average Bonchev–Trinajstić information content (AvgIpc) is 3.19. The summed E-state index contributed by atoms with van der Waals surface area (Å²) >= 11 is 2.95. The van der Waals surface area contributed by atoms with E-state index in [1.165, 1.54) is 34.9 Å². The van der Waals surface area contributed by atoms with E-state index in [1.807, 2.05) is 0 Å². The van der Waals surface area contributed by atoms with Crippen molar-refractivity contribution in [3.63, 3.8) is 0 Å². The van der Waals surface area contributed by atoms with Crippen molar-refractivity contribution >= 4 is 44.2 Å². The van der Waals surface area contributed by atoms with Gasteiger partial charge >= 0.3 is 0 Å². The second-order valence-electron chi connectivity index (χ2n) is 7.44. The Morgan fingerprint density at radius 3 is 2.73 bits per heavy atom. The Morgan fingerprint density at radius 1 is 1.33 bits per heavy atom. The van der Waals surface area contributed by atoms with E-state index >= 15 is 0 Å². The number of piperidine rings is 1. The van der Waals surface area contributed by atoms with Gasteiger partial charge in [0.1, 0.15) is 5.75 Å². The van der Waals surface area contributed by atoms with Gasteiger partial charge in [0, 0.05) is 18.8 Å². The zero-order chi connectivity index (χ0) is 21.7. The summed E-state index contributed by atoms with van der Waals surface area (Å²) < 4.78 is 33.2. The summed E-state index contributed by atoms with van der Waals surface area (Å²) in [4.78, 5) is 12.9. The maximum absolute atomic E-state index is 13.0. The van der Waals surface area contributed by atoms with Crippen LogP contribution >= 0.6 is 23.1 Å². The van der Waals surface area contributed by atoms with Crippen LogP contribution in [-0.2, 0) is 14.8 Å². The van der Waals surface area contributed by atoms with E-state index in [1.54, 1.807) is 23.9 Å². The molecule has 0 aliphatic carbocycles. The van der Waals surface area contributed by atoms with Crippen LogP contribution in [0.5, 0.6) is 5.75 Å².